The van der Waals surface area contributed by atoms with Crippen LogP contribution >= 0.6 is 15.9 Å². The van der Waals surface area contributed by atoms with Gasteiger partial charge in [0.15, 0.2) is 11.5 Å². The summed E-state index contributed by atoms with van der Waals surface area (Å²) in [5.41, 5.74) is 2.09. The molecular weight excluding hydrogens is 438 g/mol. The lowest BCUT2D eigenvalue weighted by molar-refractivity contribution is 0.0658. The molecule has 0 spiro atoms. The van der Waals surface area contributed by atoms with E-state index in [1.165, 1.54) is 13.2 Å². The third-order valence-corrected chi connectivity index (χ3v) is 4.49. The van der Waals surface area contributed by atoms with Crippen molar-refractivity contribution in [2.24, 2.45) is 0 Å². The Morgan fingerprint density at radius 1 is 1.21 bits per heavy atom. The van der Waals surface area contributed by atoms with E-state index in [4.69, 9.17) is 19.0 Å². The van der Waals surface area contributed by atoms with Crippen LogP contribution in [0.2, 0.25) is 0 Å². The third kappa shape index (κ3) is 5.06. The molecular formula is C22H16BrNO5. The van der Waals surface area contributed by atoms with Crippen LogP contribution in [0.3, 0.4) is 0 Å². The van der Waals surface area contributed by atoms with Gasteiger partial charge in [0, 0.05) is 4.47 Å². The van der Waals surface area contributed by atoms with Gasteiger partial charge in [0.05, 0.1) is 18.8 Å². The topological polar surface area (TPSA) is 92.7 Å². The molecule has 0 saturated carbocycles. The number of allylic oxidation sites excluding steroid dienone is 1. The smallest absolute Gasteiger partial charge is 0.371 e. The predicted octanol–water partition coefficient (Wildman–Crippen LogP) is 5.39. The summed E-state index contributed by atoms with van der Waals surface area (Å²) in [4.78, 5) is 10.9. The van der Waals surface area contributed by atoms with Crippen LogP contribution in [0.1, 0.15) is 27.4 Å². The number of aromatic carboxylic acids is 1. The molecule has 0 aliphatic carbocycles. The van der Waals surface area contributed by atoms with Crippen molar-refractivity contribution in [2.75, 3.05) is 7.11 Å². The molecule has 0 aliphatic heterocycles. The summed E-state index contributed by atoms with van der Waals surface area (Å²) in [6, 6.07) is 17.9. The highest BCUT2D eigenvalue weighted by atomic mass is 79.9. The average molecular weight is 454 g/mol. The lowest BCUT2D eigenvalue weighted by Crippen LogP contribution is -1.97. The molecule has 0 amide bonds. The normalized spacial score (nSPS) is 11.0. The van der Waals surface area contributed by atoms with Crippen LogP contribution in [-0.2, 0) is 6.61 Å². The number of hydrogen-bond donors (Lipinski definition) is 1. The summed E-state index contributed by atoms with van der Waals surface area (Å²) in [6.45, 7) is 0.0559. The van der Waals surface area contributed by atoms with Crippen LogP contribution in [0, 0.1) is 11.3 Å². The number of ether oxygens (including phenoxy) is 2. The Kier molecular flexibility index (Phi) is 6.37. The fraction of sp³-hybridized carbons (Fsp3) is 0.0909. The number of benzene rings is 2. The van der Waals surface area contributed by atoms with E-state index >= 15 is 0 Å². The zero-order valence-electron chi connectivity index (χ0n) is 15.4. The minimum absolute atomic E-state index is 0.0559. The van der Waals surface area contributed by atoms with E-state index in [2.05, 4.69) is 22.0 Å². The first-order chi connectivity index (χ1) is 14.0. The van der Waals surface area contributed by atoms with Gasteiger partial charge in [-0.1, -0.05) is 34.1 Å². The molecule has 1 heterocycles. The summed E-state index contributed by atoms with van der Waals surface area (Å²) in [5, 5.41) is 18.4. The number of halogens is 1. The van der Waals surface area contributed by atoms with Crippen LogP contribution in [-0.4, -0.2) is 18.2 Å². The average Bonchev–Trinajstić information content (AvgIpc) is 3.20. The Morgan fingerprint density at radius 3 is 2.69 bits per heavy atom. The van der Waals surface area contributed by atoms with Crippen LogP contribution in [0.15, 0.2) is 63.5 Å². The van der Waals surface area contributed by atoms with Crippen molar-refractivity contribution in [3.05, 3.63) is 81.7 Å². The number of methoxy groups -OCH3 is 1. The maximum absolute atomic E-state index is 10.9. The molecule has 0 bridgehead atoms. The van der Waals surface area contributed by atoms with Crippen molar-refractivity contribution >= 4 is 33.5 Å². The maximum Gasteiger partial charge on any atom is 0.371 e. The second-order valence-corrected chi connectivity index (χ2v) is 6.87. The van der Waals surface area contributed by atoms with Crippen molar-refractivity contribution in [1.82, 2.24) is 0 Å². The van der Waals surface area contributed by atoms with Crippen molar-refractivity contribution < 1.29 is 23.8 Å². The number of nitriles is 1. The molecule has 0 radical (unpaired) electrons. The molecule has 3 rings (SSSR count). The van der Waals surface area contributed by atoms with E-state index in [1.807, 2.05) is 24.3 Å². The Morgan fingerprint density at radius 2 is 2.03 bits per heavy atom. The Balaban J connectivity index is 1.80. The molecule has 146 valence electrons. The van der Waals surface area contributed by atoms with Gasteiger partial charge >= 0.3 is 5.97 Å². The summed E-state index contributed by atoms with van der Waals surface area (Å²) in [5.74, 6) is 0.0559. The number of carboxylic acids is 1. The zero-order chi connectivity index (χ0) is 20.8. The fourth-order valence-corrected chi connectivity index (χ4v) is 3.01. The van der Waals surface area contributed by atoms with Crippen molar-refractivity contribution in [2.45, 2.75) is 6.61 Å². The van der Waals surface area contributed by atoms with Gasteiger partial charge < -0.3 is 19.0 Å². The van der Waals surface area contributed by atoms with Crippen molar-refractivity contribution in [3.8, 4) is 17.6 Å². The predicted molar refractivity (Wildman–Crippen MR) is 111 cm³/mol. The lowest BCUT2D eigenvalue weighted by atomic mass is 10.0. The highest BCUT2D eigenvalue weighted by molar-refractivity contribution is 9.10. The first-order valence-electron chi connectivity index (χ1n) is 8.50. The molecule has 0 fully saturated rings. The summed E-state index contributed by atoms with van der Waals surface area (Å²) < 4.78 is 17.1. The van der Waals surface area contributed by atoms with Crippen LogP contribution in [0.25, 0.3) is 11.6 Å². The van der Waals surface area contributed by atoms with Gasteiger partial charge in [0.25, 0.3) is 0 Å². The van der Waals surface area contributed by atoms with Crippen molar-refractivity contribution in [3.63, 3.8) is 0 Å². The second-order valence-electron chi connectivity index (χ2n) is 5.95. The monoisotopic (exact) mass is 453 g/mol. The molecule has 7 heteroatoms. The summed E-state index contributed by atoms with van der Waals surface area (Å²) in [7, 11) is 1.52. The van der Waals surface area contributed by atoms with Gasteiger partial charge in [-0.15, -0.1) is 0 Å². The van der Waals surface area contributed by atoms with Gasteiger partial charge in [0.2, 0.25) is 5.76 Å². The Labute approximate surface area is 175 Å². The minimum atomic E-state index is -1.14. The molecule has 29 heavy (non-hydrogen) atoms. The lowest BCUT2D eigenvalue weighted by Gasteiger charge is -2.10. The van der Waals surface area contributed by atoms with E-state index < -0.39 is 5.97 Å². The molecule has 1 N–H and O–H groups in total. The molecule has 1 aromatic heterocycles. The van der Waals surface area contributed by atoms with Gasteiger partial charge in [0.1, 0.15) is 12.4 Å². The van der Waals surface area contributed by atoms with E-state index in [9.17, 15) is 10.1 Å². The molecule has 0 saturated heterocycles. The Bertz CT molecular complexity index is 1110. The van der Waals surface area contributed by atoms with Crippen LogP contribution in [0.4, 0.5) is 0 Å². The largest absolute Gasteiger partial charge is 0.493 e. The molecule has 0 atom stereocenters. The van der Waals surface area contributed by atoms with Gasteiger partial charge in [-0.25, -0.2) is 4.79 Å². The first-order valence-corrected chi connectivity index (χ1v) is 9.30. The Hall–Kier alpha value is -3.50. The number of furan rings is 1. The highest BCUT2D eigenvalue weighted by Crippen LogP contribution is 2.31. The second kappa shape index (κ2) is 9.13. The number of nitrogens with zero attached hydrogens (tertiary/aromatic N) is 1. The number of hydrogen-bond acceptors (Lipinski definition) is 5. The van der Waals surface area contributed by atoms with Gasteiger partial charge in [-0.3, -0.25) is 0 Å². The number of carbonyl (C=O) groups is 1. The summed E-state index contributed by atoms with van der Waals surface area (Å²) >= 11 is 3.41. The fourth-order valence-electron chi connectivity index (χ4n) is 2.62. The molecule has 2 aromatic carbocycles. The van der Waals surface area contributed by atoms with Gasteiger partial charge in [-0.05, 0) is 53.6 Å². The zero-order valence-corrected chi connectivity index (χ0v) is 17.0. The number of rotatable bonds is 7. The molecule has 0 unspecified atom stereocenters. The van der Waals surface area contributed by atoms with Crippen LogP contribution in [0.5, 0.6) is 11.5 Å². The van der Waals surface area contributed by atoms with E-state index in [1.54, 1.807) is 30.3 Å². The van der Waals surface area contributed by atoms with Crippen LogP contribution < -0.4 is 9.47 Å². The quantitative estimate of drug-likeness (QED) is 0.380. The van der Waals surface area contributed by atoms with E-state index in [-0.39, 0.29) is 12.4 Å². The maximum atomic E-state index is 10.9. The summed E-state index contributed by atoms with van der Waals surface area (Å²) in [6.07, 6.45) is 1.76. The van der Waals surface area contributed by atoms with E-state index in [0.29, 0.717) is 22.8 Å². The van der Waals surface area contributed by atoms with Gasteiger partial charge in [-0.2, -0.15) is 5.26 Å². The minimum Gasteiger partial charge on any atom is -0.493 e. The first kappa shape index (κ1) is 20.2. The molecule has 0 aliphatic rings. The molecule has 3 aromatic rings. The van der Waals surface area contributed by atoms with Crippen molar-refractivity contribution in [1.29, 1.82) is 5.26 Å². The number of carboxylic acid groups (broad SMARTS) is 1. The highest BCUT2D eigenvalue weighted by Gasteiger charge is 2.11. The standard InChI is InChI=1S/C22H16BrNO5/c1-27-21-10-14(9-16(12-24)15-3-2-4-17(23)11-15)5-7-19(21)28-13-18-6-8-20(29-18)22(25)26/h2-11H,13H2,1H3,(H,25,26)/b16-9-. The molecule has 6 nitrogen and oxygen atoms in total. The van der Waals surface area contributed by atoms with E-state index in [0.717, 1.165) is 15.6 Å². The third-order valence-electron chi connectivity index (χ3n) is 4.00. The SMILES string of the molecule is COc1cc(/C=C(/C#N)c2cccc(Br)c2)ccc1OCc1ccc(C(=O)O)o1.